The van der Waals surface area contributed by atoms with Crippen LogP contribution in [0.2, 0.25) is 5.02 Å². The molecule has 0 aliphatic heterocycles. The van der Waals surface area contributed by atoms with Gasteiger partial charge in [-0.1, -0.05) is 54.1 Å². The average molecular weight is 527 g/mol. The topological polar surface area (TPSA) is 83.6 Å². The Labute approximate surface area is 223 Å². The molecule has 3 rings (SSSR count). The Morgan fingerprint density at radius 1 is 0.944 bits per heavy atom. The van der Waals surface area contributed by atoms with Crippen LogP contribution in [0.5, 0.6) is 0 Å². The lowest BCUT2D eigenvalue weighted by atomic mass is 10.1. The summed E-state index contributed by atoms with van der Waals surface area (Å²) in [5.74, 6) is -0.261. The van der Waals surface area contributed by atoms with Gasteiger partial charge >= 0.3 is 5.97 Å². The molecule has 0 radical (unpaired) electrons. The molecule has 36 heavy (non-hydrogen) atoms. The average Bonchev–Trinajstić information content (AvgIpc) is 2.82. The molecule has 0 aromatic heterocycles. The van der Waals surface area contributed by atoms with Crippen molar-refractivity contribution in [1.29, 1.82) is 0 Å². The zero-order chi connectivity index (χ0) is 26.7. The van der Waals surface area contributed by atoms with Gasteiger partial charge in [0.25, 0.3) is 0 Å². The summed E-state index contributed by atoms with van der Waals surface area (Å²) in [6, 6.07) is 22.5. The molecule has 0 bridgehead atoms. The number of amides is 1. The third-order valence-electron chi connectivity index (χ3n) is 4.94. The number of carbonyl (C=O) groups is 2. The van der Waals surface area contributed by atoms with Crippen molar-refractivity contribution in [3.05, 3.63) is 100 Å². The van der Waals surface area contributed by atoms with Crippen LogP contribution in [0.3, 0.4) is 0 Å². The van der Waals surface area contributed by atoms with Gasteiger partial charge in [0.15, 0.2) is 0 Å². The van der Waals surface area contributed by atoms with E-state index in [-0.39, 0.29) is 11.4 Å². The van der Waals surface area contributed by atoms with E-state index in [1.54, 1.807) is 23.9 Å². The zero-order valence-electron chi connectivity index (χ0n) is 21.3. The second-order valence-corrected chi connectivity index (χ2v) is 11.0. The van der Waals surface area contributed by atoms with E-state index in [1.807, 2.05) is 93.3 Å². The van der Waals surface area contributed by atoms with E-state index in [9.17, 15) is 14.7 Å². The first-order chi connectivity index (χ1) is 17.0. The molecule has 3 aromatic rings. The summed E-state index contributed by atoms with van der Waals surface area (Å²) in [7, 11) is 0. The lowest BCUT2D eigenvalue weighted by Crippen LogP contribution is -2.31. The molecule has 0 aliphatic rings. The fourth-order valence-electron chi connectivity index (χ4n) is 3.19. The van der Waals surface area contributed by atoms with Crippen molar-refractivity contribution in [1.82, 2.24) is 4.90 Å². The molecular weight excluding hydrogens is 492 g/mol. The Bertz CT molecular complexity index is 1120. The van der Waals surface area contributed by atoms with Crippen molar-refractivity contribution in [3.63, 3.8) is 0 Å². The van der Waals surface area contributed by atoms with Crippen molar-refractivity contribution in [2.45, 2.75) is 56.8 Å². The van der Waals surface area contributed by atoms with E-state index in [0.717, 1.165) is 21.6 Å². The van der Waals surface area contributed by atoms with Crippen molar-refractivity contribution >= 4 is 35.2 Å². The molecule has 0 aliphatic carbocycles. The van der Waals surface area contributed by atoms with Gasteiger partial charge in [0.1, 0.15) is 0 Å². The maximum atomic E-state index is 12.8. The summed E-state index contributed by atoms with van der Waals surface area (Å²) in [5, 5.41) is 9.99. The number of thioether (sulfide) groups is 1. The maximum Gasteiger partial charge on any atom is 0.335 e. The fourth-order valence-corrected chi connectivity index (χ4v) is 4.22. The third kappa shape index (κ3) is 10.9. The van der Waals surface area contributed by atoms with Gasteiger partial charge in [0, 0.05) is 34.3 Å². The first-order valence-electron chi connectivity index (χ1n) is 11.8. The van der Waals surface area contributed by atoms with Crippen LogP contribution in [0, 0.1) is 0 Å². The fraction of sp³-hybridized carbons (Fsp3) is 0.310. The summed E-state index contributed by atoms with van der Waals surface area (Å²) >= 11 is 7.51. The van der Waals surface area contributed by atoms with Gasteiger partial charge in [-0.25, -0.2) is 4.79 Å². The largest absolute Gasteiger partial charge is 0.478 e. The molecule has 0 unspecified atom stereocenters. The summed E-state index contributed by atoms with van der Waals surface area (Å²) in [5.41, 5.74) is 8.48. The van der Waals surface area contributed by atoms with Crippen LogP contribution in [-0.4, -0.2) is 34.0 Å². The Morgan fingerprint density at radius 2 is 1.50 bits per heavy atom. The zero-order valence-corrected chi connectivity index (χ0v) is 22.9. The van der Waals surface area contributed by atoms with E-state index in [1.165, 1.54) is 0 Å². The quantitative estimate of drug-likeness (QED) is 0.304. The van der Waals surface area contributed by atoms with Crippen molar-refractivity contribution in [2.75, 3.05) is 6.54 Å². The highest BCUT2D eigenvalue weighted by molar-refractivity contribution is 7.98. The van der Waals surface area contributed by atoms with Crippen LogP contribution in [0.1, 0.15) is 54.7 Å². The second-order valence-electron chi connectivity index (χ2n) is 9.47. The smallest absolute Gasteiger partial charge is 0.335 e. The van der Waals surface area contributed by atoms with E-state index in [4.69, 9.17) is 17.3 Å². The molecule has 7 heteroatoms. The van der Waals surface area contributed by atoms with Crippen molar-refractivity contribution in [2.24, 2.45) is 5.73 Å². The standard InChI is InChI=1S/C25H24ClNO3S.C4H11N/c1-2-27(16-19-7-11-21(26)12-8-19)24(28)15-18-9-13-22(14-10-18)31-17-20-5-3-4-6-23(20)25(29)30;1-4(2,3)5/h3-14H,2,15-17H2,1H3,(H,29,30);5H2,1-3H3. The number of carboxylic acid groups (broad SMARTS) is 1. The molecule has 3 aromatic carbocycles. The molecule has 1 amide bonds. The number of rotatable bonds is 9. The van der Waals surface area contributed by atoms with Gasteiger partial charge in [0.2, 0.25) is 5.91 Å². The van der Waals surface area contributed by atoms with Crippen LogP contribution in [0.15, 0.2) is 77.7 Å². The van der Waals surface area contributed by atoms with E-state index in [0.29, 0.717) is 35.8 Å². The van der Waals surface area contributed by atoms with Crippen LogP contribution in [0.4, 0.5) is 0 Å². The number of hydrogen-bond acceptors (Lipinski definition) is 4. The van der Waals surface area contributed by atoms with Crippen LogP contribution in [-0.2, 0) is 23.5 Å². The Hall–Kier alpha value is -2.80. The van der Waals surface area contributed by atoms with E-state index in [2.05, 4.69) is 0 Å². The number of nitrogens with two attached hydrogens (primary N) is 1. The highest BCUT2D eigenvalue weighted by atomic mass is 35.5. The molecule has 0 fully saturated rings. The molecule has 3 N–H and O–H groups in total. The molecule has 0 heterocycles. The maximum absolute atomic E-state index is 12.8. The Balaban J connectivity index is 0.000000830. The minimum absolute atomic E-state index is 0. The first kappa shape index (κ1) is 29.4. The van der Waals surface area contributed by atoms with Gasteiger partial charge in [-0.2, -0.15) is 0 Å². The van der Waals surface area contributed by atoms with Crippen molar-refractivity contribution in [3.8, 4) is 0 Å². The molecule has 0 saturated heterocycles. The minimum atomic E-state index is -0.913. The minimum Gasteiger partial charge on any atom is -0.478 e. The van der Waals surface area contributed by atoms with Crippen LogP contribution in [0.25, 0.3) is 0 Å². The molecule has 0 saturated carbocycles. The number of hydrogen-bond donors (Lipinski definition) is 2. The highest BCUT2D eigenvalue weighted by Crippen LogP contribution is 2.25. The Kier molecular flexibility index (Phi) is 11.5. The van der Waals surface area contributed by atoms with Crippen LogP contribution < -0.4 is 5.73 Å². The second kappa shape index (κ2) is 14.1. The lowest BCUT2D eigenvalue weighted by Gasteiger charge is -2.21. The predicted molar refractivity (Wildman–Crippen MR) is 150 cm³/mol. The van der Waals surface area contributed by atoms with Gasteiger partial charge in [-0.05, 0) is 74.7 Å². The molecule has 0 atom stereocenters. The normalized spacial score (nSPS) is 10.8. The summed E-state index contributed by atoms with van der Waals surface area (Å²) in [6.45, 7) is 9.07. The summed E-state index contributed by atoms with van der Waals surface area (Å²) in [6.07, 6.45) is 0.341. The highest BCUT2D eigenvalue weighted by Gasteiger charge is 2.13. The SMILES string of the molecule is CC(C)(C)N.CCN(Cc1ccc(Cl)cc1)C(=O)Cc1ccc(SCc2ccccc2C(=O)O)cc1. The number of benzene rings is 3. The van der Waals surface area contributed by atoms with E-state index >= 15 is 0 Å². The van der Waals surface area contributed by atoms with Gasteiger partial charge < -0.3 is 15.7 Å². The molecular formula is C29H35ClN2O3S. The monoisotopic (exact) mass is 526 g/mol. The number of aromatic carboxylic acids is 1. The number of carbonyl (C=O) groups excluding carboxylic acids is 1. The summed E-state index contributed by atoms with van der Waals surface area (Å²) in [4.78, 5) is 27.0. The van der Waals surface area contributed by atoms with Crippen molar-refractivity contribution < 1.29 is 14.7 Å². The van der Waals surface area contributed by atoms with Gasteiger partial charge in [-0.3, -0.25) is 4.79 Å². The first-order valence-corrected chi connectivity index (χ1v) is 13.2. The van der Waals surface area contributed by atoms with Gasteiger partial charge in [0.05, 0.1) is 12.0 Å². The van der Waals surface area contributed by atoms with Crippen LogP contribution >= 0.6 is 23.4 Å². The van der Waals surface area contributed by atoms with E-state index < -0.39 is 5.97 Å². The summed E-state index contributed by atoms with van der Waals surface area (Å²) < 4.78 is 0. The molecule has 0 spiro atoms. The number of likely N-dealkylation sites (N-methyl/N-ethyl adjacent to an activating group) is 1. The number of carboxylic acids is 1. The molecule has 5 nitrogen and oxygen atoms in total. The lowest BCUT2D eigenvalue weighted by molar-refractivity contribution is -0.130. The molecule has 192 valence electrons. The van der Waals surface area contributed by atoms with Gasteiger partial charge in [-0.15, -0.1) is 11.8 Å². The number of nitrogens with zero attached hydrogens (tertiary/aromatic N) is 1. The number of halogens is 1. The third-order valence-corrected chi connectivity index (χ3v) is 6.25. The Morgan fingerprint density at radius 3 is 2.06 bits per heavy atom. The predicted octanol–water partition coefficient (Wildman–Crippen LogP) is 6.67.